The lowest BCUT2D eigenvalue weighted by Crippen LogP contribution is -2.17. The third-order valence-electron chi connectivity index (χ3n) is 4.24. The zero-order valence-electron chi connectivity index (χ0n) is 16.7. The van der Waals surface area contributed by atoms with E-state index in [2.05, 4.69) is 9.97 Å². The van der Waals surface area contributed by atoms with Crippen LogP contribution in [-0.2, 0) is 4.74 Å². The SMILES string of the molecule is CCCOc1ccc(C(=O)O[C@@H](C)c2nc3ccccc3c(=O)[nH]2)cc1OCC. The monoisotopic (exact) mass is 396 g/mol. The molecule has 0 aliphatic rings. The molecule has 2 aromatic carbocycles. The number of para-hydroxylation sites is 1. The second-order valence-corrected chi connectivity index (χ2v) is 6.46. The number of nitrogens with zero attached hydrogens (tertiary/aromatic N) is 1. The number of carbonyl (C=O) groups is 1. The largest absolute Gasteiger partial charge is 0.490 e. The van der Waals surface area contributed by atoms with Crippen molar-refractivity contribution in [1.82, 2.24) is 9.97 Å². The average Bonchev–Trinajstić information content (AvgIpc) is 2.73. The fourth-order valence-electron chi connectivity index (χ4n) is 2.82. The lowest BCUT2D eigenvalue weighted by atomic mass is 10.2. The molecular weight excluding hydrogens is 372 g/mol. The van der Waals surface area contributed by atoms with Crippen LogP contribution in [0.1, 0.15) is 49.5 Å². The zero-order chi connectivity index (χ0) is 20.8. The van der Waals surface area contributed by atoms with Gasteiger partial charge in [-0.25, -0.2) is 9.78 Å². The van der Waals surface area contributed by atoms with Crippen molar-refractivity contribution < 1.29 is 19.0 Å². The van der Waals surface area contributed by atoms with Gasteiger partial charge >= 0.3 is 5.97 Å². The summed E-state index contributed by atoms with van der Waals surface area (Å²) in [6.45, 7) is 6.53. The summed E-state index contributed by atoms with van der Waals surface area (Å²) in [5.74, 6) is 0.811. The molecule has 29 heavy (non-hydrogen) atoms. The Bertz CT molecular complexity index is 1060. The number of rotatable bonds is 8. The lowest BCUT2D eigenvalue weighted by Gasteiger charge is -2.15. The lowest BCUT2D eigenvalue weighted by molar-refractivity contribution is 0.0319. The number of aromatic amines is 1. The summed E-state index contributed by atoms with van der Waals surface area (Å²) in [5.41, 5.74) is 0.599. The van der Waals surface area contributed by atoms with E-state index in [1.807, 2.05) is 13.8 Å². The summed E-state index contributed by atoms with van der Waals surface area (Å²) in [4.78, 5) is 31.9. The van der Waals surface area contributed by atoms with E-state index < -0.39 is 12.1 Å². The van der Waals surface area contributed by atoms with Gasteiger partial charge in [0.05, 0.1) is 29.7 Å². The molecule has 0 saturated carbocycles. The van der Waals surface area contributed by atoms with Crippen molar-refractivity contribution in [3.63, 3.8) is 0 Å². The number of nitrogens with one attached hydrogen (secondary N) is 1. The van der Waals surface area contributed by atoms with Gasteiger partial charge in [-0.1, -0.05) is 19.1 Å². The molecule has 7 heteroatoms. The van der Waals surface area contributed by atoms with Crippen LogP contribution >= 0.6 is 0 Å². The predicted molar refractivity (Wildman–Crippen MR) is 110 cm³/mol. The van der Waals surface area contributed by atoms with Gasteiger partial charge in [-0.05, 0) is 50.6 Å². The number of aromatic nitrogens is 2. The van der Waals surface area contributed by atoms with E-state index in [1.54, 1.807) is 49.4 Å². The van der Waals surface area contributed by atoms with Crippen LogP contribution in [0.25, 0.3) is 10.9 Å². The van der Waals surface area contributed by atoms with Gasteiger partial charge in [-0.15, -0.1) is 0 Å². The fraction of sp³-hybridized carbons (Fsp3) is 0.318. The van der Waals surface area contributed by atoms with Crippen LogP contribution in [-0.4, -0.2) is 29.2 Å². The Morgan fingerprint density at radius 1 is 1.10 bits per heavy atom. The smallest absolute Gasteiger partial charge is 0.338 e. The fourth-order valence-corrected chi connectivity index (χ4v) is 2.82. The zero-order valence-corrected chi connectivity index (χ0v) is 16.7. The van der Waals surface area contributed by atoms with Crippen molar-refractivity contribution in [2.75, 3.05) is 13.2 Å². The number of carbonyl (C=O) groups excluding carboxylic acids is 1. The number of ether oxygens (including phenoxy) is 3. The minimum atomic E-state index is -0.730. The number of hydrogen-bond donors (Lipinski definition) is 1. The van der Waals surface area contributed by atoms with Gasteiger partial charge in [0.25, 0.3) is 5.56 Å². The van der Waals surface area contributed by atoms with Crippen LogP contribution in [0.15, 0.2) is 47.3 Å². The minimum Gasteiger partial charge on any atom is -0.490 e. The van der Waals surface area contributed by atoms with Crippen molar-refractivity contribution in [1.29, 1.82) is 0 Å². The number of H-pyrrole nitrogens is 1. The number of esters is 1. The number of benzene rings is 2. The molecule has 0 bridgehead atoms. The highest BCUT2D eigenvalue weighted by Crippen LogP contribution is 2.29. The topological polar surface area (TPSA) is 90.5 Å². The van der Waals surface area contributed by atoms with Gasteiger partial charge in [0.15, 0.2) is 23.4 Å². The molecule has 1 N–H and O–H groups in total. The Hall–Kier alpha value is -3.35. The quantitative estimate of drug-likeness (QED) is 0.578. The maximum Gasteiger partial charge on any atom is 0.338 e. The van der Waals surface area contributed by atoms with E-state index in [4.69, 9.17) is 14.2 Å². The average molecular weight is 396 g/mol. The van der Waals surface area contributed by atoms with Gasteiger partial charge < -0.3 is 19.2 Å². The van der Waals surface area contributed by atoms with Crippen molar-refractivity contribution in [3.05, 3.63) is 64.2 Å². The third kappa shape index (κ3) is 4.74. The highest BCUT2D eigenvalue weighted by molar-refractivity contribution is 5.90. The van der Waals surface area contributed by atoms with Crippen molar-refractivity contribution in [3.8, 4) is 11.5 Å². The molecule has 0 radical (unpaired) electrons. The maximum atomic E-state index is 12.6. The third-order valence-corrected chi connectivity index (χ3v) is 4.24. The van der Waals surface area contributed by atoms with E-state index in [9.17, 15) is 9.59 Å². The Morgan fingerprint density at radius 2 is 1.90 bits per heavy atom. The Labute approximate surface area is 168 Å². The number of fused-ring (bicyclic) bond motifs is 1. The van der Waals surface area contributed by atoms with Gasteiger partial charge in [-0.3, -0.25) is 4.79 Å². The highest BCUT2D eigenvalue weighted by atomic mass is 16.5. The molecule has 1 atom stereocenters. The first-order valence-corrected chi connectivity index (χ1v) is 9.63. The molecular formula is C22H24N2O5. The van der Waals surface area contributed by atoms with Crippen LogP contribution in [0.4, 0.5) is 0 Å². The van der Waals surface area contributed by atoms with Crippen LogP contribution in [0.3, 0.4) is 0 Å². The Morgan fingerprint density at radius 3 is 2.66 bits per heavy atom. The van der Waals surface area contributed by atoms with E-state index in [0.29, 0.717) is 41.2 Å². The summed E-state index contributed by atoms with van der Waals surface area (Å²) in [5, 5.41) is 0.485. The summed E-state index contributed by atoms with van der Waals surface area (Å²) in [6.07, 6.45) is 0.135. The first kappa shape index (κ1) is 20.4. The second-order valence-electron chi connectivity index (χ2n) is 6.46. The van der Waals surface area contributed by atoms with Gasteiger partial charge in [0, 0.05) is 0 Å². The molecule has 1 heterocycles. The van der Waals surface area contributed by atoms with Crippen molar-refractivity contribution in [2.24, 2.45) is 0 Å². The van der Waals surface area contributed by atoms with E-state index in [-0.39, 0.29) is 11.4 Å². The molecule has 3 rings (SSSR count). The summed E-state index contributed by atoms with van der Waals surface area (Å²) in [6, 6.07) is 11.9. The molecule has 0 amide bonds. The van der Waals surface area contributed by atoms with Gasteiger partial charge in [-0.2, -0.15) is 0 Å². The Balaban J connectivity index is 1.80. The second kappa shape index (κ2) is 9.23. The van der Waals surface area contributed by atoms with Crippen LogP contribution in [0.2, 0.25) is 0 Å². The number of hydrogen-bond acceptors (Lipinski definition) is 6. The molecule has 0 spiro atoms. The first-order chi connectivity index (χ1) is 14.0. The van der Waals surface area contributed by atoms with Gasteiger partial charge in [0.1, 0.15) is 0 Å². The molecule has 7 nitrogen and oxygen atoms in total. The van der Waals surface area contributed by atoms with Crippen LogP contribution in [0.5, 0.6) is 11.5 Å². The summed E-state index contributed by atoms with van der Waals surface area (Å²) in [7, 11) is 0. The van der Waals surface area contributed by atoms with E-state index >= 15 is 0 Å². The standard InChI is InChI=1S/C22H24N2O5/c1-4-12-28-18-11-10-15(13-19(18)27-5-2)22(26)29-14(3)20-23-17-9-7-6-8-16(17)21(25)24-20/h6-11,13-14H,4-5,12H2,1-3H3,(H,23,24,25)/t14-/m0/s1. The van der Waals surface area contributed by atoms with Gasteiger partial charge in [0.2, 0.25) is 0 Å². The molecule has 0 fully saturated rings. The molecule has 0 saturated heterocycles. The van der Waals surface area contributed by atoms with Crippen molar-refractivity contribution in [2.45, 2.75) is 33.3 Å². The van der Waals surface area contributed by atoms with Crippen LogP contribution in [0, 0.1) is 0 Å². The predicted octanol–water partition coefficient (Wildman–Crippen LogP) is 4.03. The van der Waals surface area contributed by atoms with Crippen molar-refractivity contribution >= 4 is 16.9 Å². The van der Waals surface area contributed by atoms with E-state index in [0.717, 1.165) is 6.42 Å². The maximum absolute atomic E-state index is 12.6. The molecule has 152 valence electrons. The Kier molecular flexibility index (Phi) is 6.49. The normalized spacial score (nSPS) is 11.8. The first-order valence-electron chi connectivity index (χ1n) is 9.63. The molecule has 0 aliphatic carbocycles. The molecule has 0 aliphatic heterocycles. The molecule has 1 aromatic heterocycles. The molecule has 0 unspecified atom stereocenters. The molecule has 3 aromatic rings. The van der Waals surface area contributed by atoms with Crippen LogP contribution < -0.4 is 15.0 Å². The summed E-state index contributed by atoms with van der Waals surface area (Å²) >= 11 is 0. The van der Waals surface area contributed by atoms with E-state index in [1.165, 1.54) is 0 Å². The highest BCUT2D eigenvalue weighted by Gasteiger charge is 2.18. The summed E-state index contributed by atoms with van der Waals surface area (Å²) < 4.78 is 16.7. The minimum absolute atomic E-state index is 0.274.